The molecular formula is C15H27N3S. The second kappa shape index (κ2) is 7.95. The summed E-state index contributed by atoms with van der Waals surface area (Å²) in [6, 6.07) is 0.577. The van der Waals surface area contributed by atoms with Gasteiger partial charge in [-0.15, -0.1) is 0 Å². The highest BCUT2D eigenvalue weighted by molar-refractivity contribution is 8.00. The molecule has 1 aromatic rings. The second-order valence-corrected chi connectivity index (χ2v) is 6.66. The lowest BCUT2D eigenvalue weighted by molar-refractivity contribution is 0.455. The summed E-state index contributed by atoms with van der Waals surface area (Å²) in [6.07, 6.45) is 10.5. The standard InChI is InChI=1S/C15H27N3S/c1-3-9-18-10-8-17-15(18)12-13(16-4-2)14-7-5-6-11-19-14/h8,10,13-14,16H,3-7,9,11-12H2,1-2H3. The monoisotopic (exact) mass is 281 g/mol. The molecule has 4 heteroatoms. The van der Waals surface area contributed by atoms with E-state index in [1.807, 2.05) is 6.20 Å². The van der Waals surface area contributed by atoms with Crippen LogP contribution in [0.1, 0.15) is 45.4 Å². The molecule has 1 aliphatic rings. The number of aromatic nitrogens is 2. The first kappa shape index (κ1) is 14.9. The molecule has 0 bridgehead atoms. The average molecular weight is 281 g/mol. The lowest BCUT2D eigenvalue weighted by atomic mass is 10.0. The quantitative estimate of drug-likeness (QED) is 0.833. The van der Waals surface area contributed by atoms with Crippen molar-refractivity contribution in [2.75, 3.05) is 12.3 Å². The number of hydrogen-bond donors (Lipinski definition) is 1. The predicted octanol–water partition coefficient (Wildman–Crippen LogP) is 3.10. The molecule has 0 aromatic carbocycles. The van der Waals surface area contributed by atoms with Gasteiger partial charge in [-0.05, 0) is 31.6 Å². The van der Waals surface area contributed by atoms with Crippen LogP contribution in [0.15, 0.2) is 12.4 Å². The molecule has 0 spiro atoms. The number of hydrogen-bond acceptors (Lipinski definition) is 3. The normalized spacial score (nSPS) is 21.5. The number of aryl methyl sites for hydroxylation is 1. The Balaban J connectivity index is 2.00. The van der Waals surface area contributed by atoms with Crippen LogP contribution in [0.5, 0.6) is 0 Å². The van der Waals surface area contributed by atoms with Crippen molar-refractivity contribution < 1.29 is 0 Å². The highest BCUT2D eigenvalue weighted by Crippen LogP contribution is 2.28. The highest BCUT2D eigenvalue weighted by Gasteiger charge is 2.24. The van der Waals surface area contributed by atoms with Crippen LogP contribution in [-0.2, 0) is 13.0 Å². The Hall–Kier alpha value is -0.480. The van der Waals surface area contributed by atoms with E-state index in [4.69, 9.17) is 0 Å². The van der Waals surface area contributed by atoms with Crippen molar-refractivity contribution in [3.05, 3.63) is 18.2 Å². The van der Waals surface area contributed by atoms with E-state index in [1.54, 1.807) is 0 Å². The summed E-state index contributed by atoms with van der Waals surface area (Å²) in [5.74, 6) is 2.58. The number of nitrogens with one attached hydrogen (secondary N) is 1. The van der Waals surface area contributed by atoms with Crippen LogP contribution in [0, 0.1) is 0 Å². The van der Waals surface area contributed by atoms with Crippen molar-refractivity contribution in [3.8, 4) is 0 Å². The SMILES string of the molecule is CCCn1ccnc1CC(NCC)C1CCCCS1. The zero-order valence-corrected chi connectivity index (χ0v) is 13.1. The van der Waals surface area contributed by atoms with Gasteiger partial charge in [0, 0.05) is 36.7 Å². The molecule has 19 heavy (non-hydrogen) atoms. The fourth-order valence-corrected chi connectivity index (χ4v) is 4.28. The summed E-state index contributed by atoms with van der Waals surface area (Å²) in [5, 5.41) is 4.45. The van der Waals surface area contributed by atoms with Gasteiger partial charge in [-0.1, -0.05) is 20.3 Å². The zero-order chi connectivity index (χ0) is 13.5. The summed E-state index contributed by atoms with van der Waals surface area (Å²) >= 11 is 2.15. The van der Waals surface area contributed by atoms with Crippen molar-refractivity contribution in [1.82, 2.24) is 14.9 Å². The van der Waals surface area contributed by atoms with Crippen LogP contribution in [0.4, 0.5) is 0 Å². The third-order valence-corrected chi connectivity index (χ3v) is 5.32. The minimum atomic E-state index is 0.577. The molecule has 2 rings (SSSR count). The lowest BCUT2D eigenvalue weighted by Crippen LogP contribution is -2.41. The van der Waals surface area contributed by atoms with Gasteiger partial charge in [-0.3, -0.25) is 0 Å². The third-order valence-electron chi connectivity index (χ3n) is 3.80. The molecule has 108 valence electrons. The molecule has 0 saturated carbocycles. The first-order valence-electron chi connectivity index (χ1n) is 7.70. The lowest BCUT2D eigenvalue weighted by Gasteiger charge is -2.30. The molecule has 1 saturated heterocycles. The topological polar surface area (TPSA) is 29.9 Å². The molecule has 0 aliphatic carbocycles. The van der Waals surface area contributed by atoms with Gasteiger partial charge in [0.15, 0.2) is 0 Å². The van der Waals surface area contributed by atoms with E-state index in [-0.39, 0.29) is 0 Å². The molecule has 2 atom stereocenters. The molecule has 2 heterocycles. The first-order valence-corrected chi connectivity index (χ1v) is 8.75. The van der Waals surface area contributed by atoms with Crippen molar-refractivity contribution in [1.29, 1.82) is 0 Å². The summed E-state index contributed by atoms with van der Waals surface area (Å²) < 4.78 is 2.32. The number of imidazole rings is 1. The average Bonchev–Trinajstić information content (AvgIpc) is 2.87. The maximum atomic E-state index is 4.57. The Bertz CT molecular complexity index is 358. The van der Waals surface area contributed by atoms with E-state index in [2.05, 4.69) is 46.7 Å². The van der Waals surface area contributed by atoms with Gasteiger partial charge in [-0.2, -0.15) is 11.8 Å². The minimum absolute atomic E-state index is 0.577. The fourth-order valence-electron chi connectivity index (χ4n) is 2.85. The van der Waals surface area contributed by atoms with Crippen LogP contribution in [0.3, 0.4) is 0 Å². The van der Waals surface area contributed by atoms with Crippen molar-refractivity contribution >= 4 is 11.8 Å². The summed E-state index contributed by atoms with van der Waals surface area (Å²) in [5.41, 5.74) is 0. The highest BCUT2D eigenvalue weighted by atomic mass is 32.2. The fraction of sp³-hybridized carbons (Fsp3) is 0.800. The largest absolute Gasteiger partial charge is 0.335 e. The molecule has 3 nitrogen and oxygen atoms in total. The van der Waals surface area contributed by atoms with Crippen LogP contribution in [0.25, 0.3) is 0 Å². The van der Waals surface area contributed by atoms with Crippen LogP contribution >= 0.6 is 11.8 Å². The van der Waals surface area contributed by atoms with Gasteiger partial charge in [0.05, 0.1) is 0 Å². The number of thioether (sulfide) groups is 1. The van der Waals surface area contributed by atoms with Crippen LogP contribution in [0.2, 0.25) is 0 Å². The van der Waals surface area contributed by atoms with E-state index in [0.717, 1.165) is 24.8 Å². The Labute approximate surface area is 121 Å². The molecule has 0 amide bonds. The second-order valence-electron chi connectivity index (χ2n) is 5.31. The molecule has 1 N–H and O–H groups in total. The zero-order valence-electron chi connectivity index (χ0n) is 12.3. The van der Waals surface area contributed by atoms with Crippen molar-refractivity contribution in [2.24, 2.45) is 0 Å². The van der Waals surface area contributed by atoms with Crippen LogP contribution < -0.4 is 5.32 Å². The molecule has 1 aliphatic heterocycles. The van der Waals surface area contributed by atoms with Gasteiger partial charge in [0.1, 0.15) is 5.82 Å². The molecule has 1 fully saturated rings. The van der Waals surface area contributed by atoms with Gasteiger partial charge in [-0.25, -0.2) is 4.98 Å². The van der Waals surface area contributed by atoms with E-state index >= 15 is 0 Å². The van der Waals surface area contributed by atoms with Gasteiger partial charge >= 0.3 is 0 Å². The maximum absolute atomic E-state index is 4.57. The minimum Gasteiger partial charge on any atom is -0.335 e. The van der Waals surface area contributed by atoms with Crippen molar-refractivity contribution in [2.45, 2.75) is 63.8 Å². The number of likely N-dealkylation sites (N-methyl/N-ethyl adjacent to an activating group) is 1. The Morgan fingerprint density at radius 2 is 2.37 bits per heavy atom. The van der Waals surface area contributed by atoms with E-state index in [0.29, 0.717) is 6.04 Å². The van der Waals surface area contributed by atoms with Gasteiger partial charge < -0.3 is 9.88 Å². The maximum Gasteiger partial charge on any atom is 0.110 e. The molecule has 2 unspecified atom stereocenters. The molecule has 1 aromatic heterocycles. The summed E-state index contributed by atoms with van der Waals surface area (Å²) in [4.78, 5) is 4.57. The number of nitrogens with zero attached hydrogens (tertiary/aromatic N) is 2. The van der Waals surface area contributed by atoms with Gasteiger partial charge in [0.2, 0.25) is 0 Å². The third kappa shape index (κ3) is 4.25. The molecular weight excluding hydrogens is 254 g/mol. The molecule has 0 radical (unpaired) electrons. The van der Waals surface area contributed by atoms with Gasteiger partial charge in [0.25, 0.3) is 0 Å². The summed E-state index contributed by atoms with van der Waals surface area (Å²) in [7, 11) is 0. The van der Waals surface area contributed by atoms with E-state index in [9.17, 15) is 0 Å². The summed E-state index contributed by atoms with van der Waals surface area (Å²) in [6.45, 7) is 6.57. The Morgan fingerprint density at radius 3 is 3.05 bits per heavy atom. The smallest absolute Gasteiger partial charge is 0.110 e. The Morgan fingerprint density at radius 1 is 1.47 bits per heavy atom. The first-order chi connectivity index (χ1) is 9.35. The van der Waals surface area contributed by atoms with Crippen LogP contribution in [-0.4, -0.2) is 33.1 Å². The van der Waals surface area contributed by atoms with E-state index in [1.165, 1.54) is 37.3 Å². The van der Waals surface area contributed by atoms with Crippen molar-refractivity contribution in [3.63, 3.8) is 0 Å². The Kier molecular flexibility index (Phi) is 6.24. The number of rotatable bonds is 7. The predicted molar refractivity (Wildman–Crippen MR) is 83.8 cm³/mol. The van der Waals surface area contributed by atoms with E-state index < -0.39 is 0 Å².